The number of likely N-dealkylation sites (N-methyl/N-ethyl adjacent to an activating group) is 1. The van der Waals surface area contributed by atoms with Crippen LogP contribution in [-0.4, -0.2) is 43.3 Å². The van der Waals surface area contributed by atoms with Crippen molar-refractivity contribution in [3.05, 3.63) is 0 Å². The highest BCUT2D eigenvalue weighted by atomic mass is 16.6. The van der Waals surface area contributed by atoms with Crippen molar-refractivity contribution in [2.45, 2.75) is 111 Å². The van der Waals surface area contributed by atoms with Crippen LogP contribution in [0.15, 0.2) is 0 Å². The molecule has 0 spiro atoms. The van der Waals surface area contributed by atoms with E-state index in [2.05, 4.69) is 13.8 Å². The summed E-state index contributed by atoms with van der Waals surface area (Å²) in [4.78, 5) is 26.1. The molecule has 0 bridgehead atoms. The minimum atomic E-state index is -0.600. The fourth-order valence-electron chi connectivity index (χ4n) is 3.28. The van der Waals surface area contributed by atoms with E-state index in [0.29, 0.717) is 13.2 Å². The van der Waals surface area contributed by atoms with Crippen LogP contribution in [0.4, 0.5) is 4.79 Å². The third kappa shape index (κ3) is 13.0. The maximum Gasteiger partial charge on any atom is 0.410 e. The minimum absolute atomic E-state index is 0.0243. The minimum Gasteiger partial charge on any atom is -0.464 e. The van der Waals surface area contributed by atoms with E-state index in [1.165, 1.54) is 43.4 Å². The number of carbonyl (C=O) groups is 2. The Kier molecular flexibility index (Phi) is 17.0. The van der Waals surface area contributed by atoms with Crippen molar-refractivity contribution in [2.24, 2.45) is 5.92 Å². The van der Waals surface area contributed by atoms with Gasteiger partial charge in [-0.05, 0) is 18.8 Å². The lowest BCUT2D eigenvalue weighted by molar-refractivity contribution is -0.150. The van der Waals surface area contributed by atoms with Crippen LogP contribution in [0.1, 0.15) is 105 Å². The third-order valence-corrected chi connectivity index (χ3v) is 5.04. The van der Waals surface area contributed by atoms with Crippen LogP contribution < -0.4 is 0 Å². The largest absolute Gasteiger partial charge is 0.464 e. The van der Waals surface area contributed by atoms with Crippen LogP contribution in [0.25, 0.3) is 0 Å². The molecule has 0 radical (unpaired) electrons. The first-order valence-electron chi connectivity index (χ1n) is 11.5. The average Bonchev–Trinajstić information content (AvgIpc) is 2.66. The molecule has 0 aromatic carbocycles. The molecule has 0 saturated heterocycles. The number of rotatable bonds is 17. The molecule has 0 heterocycles. The summed E-state index contributed by atoms with van der Waals surface area (Å²) in [7, 11) is 1.62. The maximum atomic E-state index is 12.5. The van der Waals surface area contributed by atoms with E-state index in [-0.39, 0.29) is 11.9 Å². The number of ether oxygens (including phenoxy) is 2. The highest BCUT2D eigenvalue weighted by Crippen LogP contribution is 2.14. The molecule has 0 aliphatic carbocycles. The molecule has 0 aromatic heterocycles. The second kappa shape index (κ2) is 17.8. The fourth-order valence-corrected chi connectivity index (χ4v) is 3.28. The molecule has 0 rings (SSSR count). The summed E-state index contributed by atoms with van der Waals surface area (Å²) >= 11 is 0. The van der Waals surface area contributed by atoms with Gasteiger partial charge < -0.3 is 9.47 Å². The van der Waals surface area contributed by atoms with Crippen LogP contribution in [0.5, 0.6) is 0 Å². The Morgan fingerprint density at radius 2 is 1.14 bits per heavy atom. The SMILES string of the molecule is CCCCCCCCCCOC(=O)C(C(C)C)N(C)C(=O)OCCCCCC. The molecule has 0 aliphatic heterocycles. The molecule has 1 unspecified atom stereocenters. The van der Waals surface area contributed by atoms with Crippen molar-refractivity contribution >= 4 is 12.1 Å². The number of amides is 1. The summed E-state index contributed by atoms with van der Waals surface area (Å²) in [5.41, 5.74) is 0. The van der Waals surface area contributed by atoms with Crippen LogP contribution in [-0.2, 0) is 14.3 Å². The van der Waals surface area contributed by atoms with Gasteiger partial charge in [-0.3, -0.25) is 4.90 Å². The lowest BCUT2D eigenvalue weighted by Gasteiger charge is -2.28. The second-order valence-corrected chi connectivity index (χ2v) is 8.12. The van der Waals surface area contributed by atoms with Gasteiger partial charge in [-0.25, -0.2) is 9.59 Å². The smallest absolute Gasteiger partial charge is 0.410 e. The molecule has 1 atom stereocenters. The zero-order valence-electron chi connectivity index (χ0n) is 19.1. The van der Waals surface area contributed by atoms with E-state index >= 15 is 0 Å². The zero-order chi connectivity index (χ0) is 21.2. The fraction of sp³-hybridized carbons (Fsp3) is 0.913. The third-order valence-electron chi connectivity index (χ3n) is 5.04. The molecule has 0 N–H and O–H groups in total. The van der Waals surface area contributed by atoms with Crippen molar-refractivity contribution in [2.75, 3.05) is 20.3 Å². The second-order valence-electron chi connectivity index (χ2n) is 8.12. The summed E-state index contributed by atoms with van der Waals surface area (Å²) in [5, 5.41) is 0. The number of carbonyl (C=O) groups excluding carboxylic acids is 2. The molecule has 28 heavy (non-hydrogen) atoms. The Morgan fingerprint density at radius 1 is 0.714 bits per heavy atom. The number of unbranched alkanes of at least 4 members (excludes halogenated alkanes) is 10. The van der Waals surface area contributed by atoms with Gasteiger partial charge in [0.05, 0.1) is 13.2 Å². The van der Waals surface area contributed by atoms with E-state index < -0.39 is 12.1 Å². The van der Waals surface area contributed by atoms with Gasteiger partial charge in [-0.1, -0.05) is 91.9 Å². The Labute approximate surface area is 173 Å². The molecule has 1 amide bonds. The van der Waals surface area contributed by atoms with Gasteiger partial charge in [0.25, 0.3) is 0 Å². The van der Waals surface area contributed by atoms with E-state index in [1.54, 1.807) is 7.05 Å². The van der Waals surface area contributed by atoms with Gasteiger partial charge in [-0.2, -0.15) is 0 Å². The predicted octanol–water partition coefficient (Wildman–Crippen LogP) is 6.34. The van der Waals surface area contributed by atoms with Gasteiger partial charge in [-0.15, -0.1) is 0 Å². The van der Waals surface area contributed by atoms with Gasteiger partial charge in [0.1, 0.15) is 6.04 Å². The van der Waals surface area contributed by atoms with Crippen molar-refractivity contribution in [3.8, 4) is 0 Å². The molecule has 0 saturated carbocycles. The molecule has 5 heteroatoms. The van der Waals surface area contributed by atoms with Crippen LogP contribution in [0.2, 0.25) is 0 Å². The van der Waals surface area contributed by atoms with Crippen LogP contribution in [0.3, 0.4) is 0 Å². The Balaban J connectivity index is 4.10. The van der Waals surface area contributed by atoms with Crippen molar-refractivity contribution in [1.29, 1.82) is 0 Å². The van der Waals surface area contributed by atoms with E-state index in [0.717, 1.165) is 38.5 Å². The molecule has 5 nitrogen and oxygen atoms in total. The molecular formula is C23H45NO4. The quantitative estimate of drug-likeness (QED) is 0.211. The Bertz CT molecular complexity index is 398. The maximum absolute atomic E-state index is 12.5. The first-order valence-corrected chi connectivity index (χ1v) is 11.5. The predicted molar refractivity (Wildman–Crippen MR) is 115 cm³/mol. The monoisotopic (exact) mass is 399 g/mol. The van der Waals surface area contributed by atoms with Crippen LogP contribution in [0, 0.1) is 5.92 Å². The summed E-state index contributed by atoms with van der Waals surface area (Å²) in [6.07, 6.45) is 13.4. The molecule has 166 valence electrons. The molecule has 0 aromatic rings. The standard InChI is InChI=1S/C23H45NO4/c1-6-8-10-12-13-14-15-17-18-27-22(25)21(20(3)4)24(5)23(26)28-19-16-11-9-7-2/h20-21H,6-19H2,1-5H3. The number of hydrogen-bond donors (Lipinski definition) is 0. The highest BCUT2D eigenvalue weighted by Gasteiger charge is 2.32. The van der Waals surface area contributed by atoms with Gasteiger partial charge in [0.2, 0.25) is 0 Å². The summed E-state index contributed by atoms with van der Waals surface area (Å²) in [5.74, 6) is -0.355. The van der Waals surface area contributed by atoms with E-state index in [1.807, 2.05) is 13.8 Å². The van der Waals surface area contributed by atoms with Gasteiger partial charge in [0.15, 0.2) is 0 Å². The zero-order valence-corrected chi connectivity index (χ0v) is 19.1. The highest BCUT2D eigenvalue weighted by molar-refractivity contribution is 5.81. The topological polar surface area (TPSA) is 55.8 Å². The van der Waals surface area contributed by atoms with E-state index in [4.69, 9.17) is 9.47 Å². The number of hydrogen-bond acceptors (Lipinski definition) is 4. The van der Waals surface area contributed by atoms with Crippen molar-refractivity contribution in [1.82, 2.24) is 4.90 Å². The lowest BCUT2D eigenvalue weighted by atomic mass is 10.0. The number of nitrogens with zero attached hydrogens (tertiary/aromatic N) is 1. The van der Waals surface area contributed by atoms with Crippen molar-refractivity contribution in [3.63, 3.8) is 0 Å². The Morgan fingerprint density at radius 3 is 1.64 bits per heavy atom. The van der Waals surface area contributed by atoms with Crippen LogP contribution >= 0.6 is 0 Å². The normalized spacial score (nSPS) is 12.1. The van der Waals surface area contributed by atoms with Gasteiger partial charge in [0, 0.05) is 7.05 Å². The Hall–Kier alpha value is -1.26. The first kappa shape index (κ1) is 26.7. The summed E-state index contributed by atoms with van der Waals surface area (Å²) < 4.78 is 10.8. The molecule has 0 fully saturated rings. The first-order chi connectivity index (χ1) is 13.5. The summed E-state index contributed by atoms with van der Waals surface area (Å²) in [6.45, 7) is 9.05. The molecule has 0 aliphatic rings. The van der Waals surface area contributed by atoms with E-state index in [9.17, 15) is 9.59 Å². The number of esters is 1. The summed E-state index contributed by atoms with van der Waals surface area (Å²) in [6, 6.07) is -0.600. The van der Waals surface area contributed by atoms with Gasteiger partial charge >= 0.3 is 12.1 Å². The lowest BCUT2D eigenvalue weighted by Crippen LogP contribution is -2.46. The average molecular weight is 400 g/mol. The van der Waals surface area contributed by atoms with Crippen molar-refractivity contribution < 1.29 is 19.1 Å². The molecular weight excluding hydrogens is 354 g/mol.